The number of carbonyl (C=O) groups excluding carboxylic acids is 1. The number of allylic oxidation sites excluding steroid dienone is 1. The van der Waals surface area contributed by atoms with E-state index in [-0.39, 0.29) is 11.6 Å². The van der Waals surface area contributed by atoms with E-state index in [9.17, 15) is 4.79 Å². The zero-order chi connectivity index (χ0) is 13.1. The maximum atomic E-state index is 12.0. The highest BCUT2D eigenvalue weighted by molar-refractivity contribution is 5.69. The summed E-state index contributed by atoms with van der Waals surface area (Å²) >= 11 is 0. The summed E-state index contributed by atoms with van der Waals surface area (Å²) in [6, 6.07) is 0. The number of hydrogen-bond acceptors (Lipinski definition) is 3. The topological polar surface area (TPSA) is 38.8 Å². The van der Waals surface area contributed by atoms with Gasteiger partial charge in [0.05, 0.1) is 18.8 Å². The van der Waals surface area contributed by atoms with Gasteiger partial charge in [-0.1, -0.05) is 6.08 Å². The minimum atomic E-state index is -0.598. The second-order valence-electron chi connectivity index (χ2n) is 5.43. The highest BCUT2D eigenvalue weighted by Gasteiger charge is 2.49. The number of rotatable bonds is 4. The Morgan fingerprint density at radius 3 is 2.59 bits per heavy atom. The Balaban J connectivity index is 2.57. The molecule has 0 aromatic carbocycles. The summed E-state index contributed by atoms with van der Waals surface area (Å²) in [6.45, 7) is 12.3. The molecule has 0 unspecified atom stereocenters. The molecule has 1 heterocycles. The van der Waals surface area contributed by atoms with Crippen molar-refractivity contribution in [3.8, 4) is 0 Å². The highest BCUT2D eigenvalue weighted by atomic mass is 16.6. The minimum absolute atomic E-state index is 0.304. The van der Waals surface area contributed by atoms with Gasteiger partial charge in [0.15, 0.2) is 0 Å². The smallest absolute Gasteiger partial charge is 0.412 e. The lowest BCUT2D eigenvalue weighted by atomic mass is 10.0. The molecule has 0 spiro atoms. The molecule has 1 fully saturated rings. The Labute approximate surface area is 104 Å². The Morgan fingerprint density at radius 2 is 2.12 bits per heavy atom. The molecule has 1 rings (SSSR count). The molecule has 1 aliphatic heterocycles. The summed E-state index contributed by atoms with van der Waals surface area (Å²) in [6.07, 6.45) is 3.18. The number of hydrogen-bond donors (Lipinski definition) is 0. The Bertz CT molecular complexity index is 281. The van der Waals surface area contributed by atoms with Crippen LogP contribution in [0.5, 0.6) is 0 Å². The van der Waals surface area contributed by atoms with Crippen LogP contribution in [-0.2, 0) is 9.47 Å². The van der Waals surface area contributed by atoms with E-state index in [0.29, 0.717) is 13.2 Å². The van der Waals surface area contributed by atoms with Crippen molar-refractivity contribution in [1.82, 2.24) is 4.90 Å². The van der Waals surface area contributed by atoms with Crippen LogP contribution in [0.2, 0.25) is 0 Å². The van der Waals surface area contributed by atoms with Crippen LogP contribution in [0.4, 0.5) is 4.79 Å². The van der Waals surface area contributed by atoms with E-state index in [1.54, 1.807) is 4.90 Å². The summed E-state index contributed by atoms with van der Waals surface area (Å²) in [5, 5.41) is 0. The molecule has 0 aliphatic carbocycles. The molecule has 0 N–H and O–H groups in total. The van der Waals surface area contributed by atoms with Crippen molar-refractivity contribution >= 4 is 6.09 Å². The largest absolute Gasteiger partial charge is 0.449 e. The van der Waals surface area contributed by atoms with Crippen molar-refractivity contribution < 1.29 is 14.3 Å². The Morgan fingerprint density at radius 1 is 1.47 bits per heavy atom. The van der Waals surface area contributed by atoms with E-state index >= 15 is 0 Å². The summed E-state index contributed by atoms with van der Waals surface area (Å²) in [5.41, 5.74) is -0.919. The van der Waals surface area contributed by atoms with Crippen LogP contribution in [-0.4, -0.2) is 35.5 Å². The van der Waals surface area contributed by atoms with Crippen molar-refractivity contribution in [1.29, 1.82) is 0 Å². The fourth-order valence-corrected chi connectivity index (χ4v) is 2.13. The molecule has 98 valence electrons. The van der Waals surface area contributed by atoms with Gasteiger partial charge in [0, 0.05) is 0 Å². The molecule has 0 saturated carbocycles. The molecule has 0 aromatic heterocycles. The molecule has 4 nitrogen and oxygen atoms in total. The fourth-order valence-electron chi connectivity index (χ4n) is 2.13. The third-order valence-electron chi connectivity index (χ3n) is 2.88. The normalized spacial score (nSPS) is 21.3. The fraction of sp³-hybridized carbons (Fsp3) is 0.769. The van der Waals surface area contributed by atoms with E-state index in [1.807, 2.05) is 33.8 Å². The summed E-state index contributed by atoms with van der Waals surface area (Å²) in [7, 11) is 0. The molecular weight excluding hydrogens is 218 g/mol. The highest BCUT2D eigenvalue weighted by Crippen LogP contribution is 2.34. The van der Waals surface area contributed by atoms with Gasteiger partial charge in [-0.2, -0.15) is 0 Å². The number of nitrogens with zero attached hydrogens (tertiary/aromatic N) is 1. The Hall–Kier alpha value is -1.03. The van der Waals surface area contributed by atoms with Crippen LogP contribution < -0.4 is 0 Å². The van der Waals surface area contributed by atoms with Gasteiger partial charge >= 0.3 is 6.09 Å². The van der Waals surface area contributed by atoms with Crippen LogP contribution in [0.15, 0.2) is 12.7 Å². The van der Waals surface area contributed by atoms with Crippen molar-refractivity contribution in [3.63, 3.8) is 0 Å². The van der Waals surface area contributed by atoms with Gasteiger partial charge in [-0.3, -0.25) is 4.90 Å². The minimum Gasteiger partial charge on any atom is -0.449 e. The second-order valence-corrected chi connectivity index (χ2v) is 5.43. The molecule has 0 atom stereocenters. The quantitative estimate of drug-likeness (QED) is 0.561. The molecular formula is C13H23NO3. The van der Waals surface area contributed by atoms with Crippen LogP contribution >= 0.6 is 0 Å². The third kappa shape index (κ3) is 3.22. The molecule has 1 saturated heterocycles. The predicted octanol–water partition coefficient (Wildman–Crippen LogP) is 2.94. The van der Waals surface area contributed by atoms with Gasteiger partial charge < -0.3 is 9.47 Å². The molecule has 0 radical (unpaired) electrons. The average Bonchev–Trinajstić information content (AvgIpc) is 2.43. The predicted molar refractivity (Wildman–Crippen MR) is 66.7 cm³/mol. The van der Waals surface area contributed by atoms with Crippen LogP contribution in [0.3, 0.4) is 0 Å². The molecule has 1 amide bonds. The zero-order valence-electron chi connectivity index (χ0n) is 11.3. The lowest BCUT2D eigenvalue weighted by Crippen LogP contribution is -2.52. The summed E-state index contributed by atoms with van der Waals surface area (Å²) in [4.78, 5) is 13.7. The van der Waals surface area contributed by atoms with Crippen LogP contribution in [0.25, 0.3) is 0 Å². The van der Waals surface area contributed by atoms with E-state index in [2.05, 4.69) is 6.58 Å². The standard InChI is InChI=1S/C13H23NO3/c1-6-7-8-9-16-11(15)14-12(2,3)10-17-13(14,4)5/h6H,1,7-10H2,2-5H3. The van der Waals surface area contributed by atoms with E-state index in [4.69, 9.17) is 9.47 Å². The lowest BCUT2D eigenvalue weighted by Gasteiger charge is -2.36. The van der Waals surface area contributed by atoms with Gasteiger partial charge in [-0.25, -0.2) is 4.79 Å². The van der Waals surface area contributed by atoms with Crippen molar-refractivity contribution in [3.05, 3.63) is 12.7 Å². The van der Waals surface area contributed by atoms with Gasteiger partial charge in [0.1, 0.15) is 5.72 Å². The van der Waals surface area contributed by atoms with Crippen molar-refractivity contribution in [2.24, 2.45) is 0 Å². The maximum Gasteiger partial charge on any atom is 0.412 e. The monoisotopic (exact) mass is 241 g/mol. The number of unbranched alkanes of at least 4 members (excludes halogenated alkanes) is 1. The maximum absolute atomic E-state index is 12.0. The second kappa shape index (κ2) is 5.08. The van der Waals surface area contributed by atoms with Crippen LogP contribution in [0.1, 0.15) is 40.5 Å². The van der Waals surface area contributed by atoms with Crippen LogP contribution in [0, 0.1) is 0 Å². The first-order valence-electron chi connectivity index (χ1n) is 6.03. The first kappa shape index (κ1) is 14.0. The molecule has 0 bridgehead atoms. The van der Waals surface area contributed by atoms with Crippen molar-refractivity contribution in [2.45, 2.75) is 51.8 Å². The molecule has 17 heavy (non-hydrogen) atoms. The summed E-state index contributed by atoms with van der Waals surface area (Å²) < 4.78 is 10.9. The van der Waals surface area contributed by atoms with Crippen molar-refractivity contribution in [2.75, 3.05) is 13.2 Å². The first-order valence-corrected chi connectivity index (χ1v) is 6.03. The molecule has 4 heteroatoms. The first-order chi connectivity index (χ1) is 7.81. The van der Waals surface area contributed by atoms with E-state index in [0.717, 1.165) is 12.8 Å². The van der Waals surface area contributed by atoms with Gasteiger partial charge in [0.25, 0.3) is 0 Å². The number of ether oxygens (including phenoxy) is 2. The van der Waals surface area contributed by atoms with E-state index in [1.165, 1.54) is 0 Å². The lowest BCUT2D eigenvalue weighted by molar-refractivity contribution is -0.0518. The molecule has 0 aromatic rings. The summed E-state index contributed by atoms with van der Waals surface area (Å²) in [5.74, 6) is 0. The zero-order valence-corrected chi connectivity index (χ0v) is 11.3. The average molecular weight is 241 g/mol. The van der Waals surface area contributed by atoms with Gasteiger partial charge in [-0.15, -0.1) is 6.58 Å². The molecule has 1 aliphatic rings. The van der Waals surface area contributed by atoms with Gasteiger partial charge in [-0.05, 0) is 40.5 Å². The van der Waals surface area contributed by atoms with E-state index < -0.39 is 5.72 Å². The number of carbonyl (C=O) groups is 1. The number of amides is 1. The van der Waals surface area contributed by atoms with Gasteiger partial charge in [0.2, 0.25) is 0 Å². The SMILES string of the molecule is C=CCCCOC(=O)N1C(C)(C)COC1(C)C. The third-order valence-corrected chi connectivity index (χ3v) is 2.88. The Kier molecular flexibility index (Phi) is 4.20.